The zero-order valence-corrected chi connectivity index (χ0v) is 9.98. The second-order valence-electron chi connectivity index (χ2n) is 4.62. The molecule has 0 aromatic heterocycles. The van der Waals surface area contributed by atoms with Gasteiger partial charge in [-0.05, 0) is 18.8 Å². The molecule has 5 nitrogen and oxygen atoms in total. The highest BCUT2D eigenvalue weighted by Gasteiger charge is 2.24. The van der Waals surface area contributed by atoms with Crippen molar-refractivity contribution in [2.45, 2.75) is 25.8 Å². The fourth-order valence-corrected chi connectivity index (χ4v) is 2.31. The van der Waals surface area contributed by atoms with Crippen LogP contribution in [0.3, 0.4) is 0 Å². The smallest absolute Gasteiger partial charge is 0.216 e. The largest absolute Gasteiger partial charge is 0.396 e. The topological polar surface area (TPSA) is 78.6 Å². The summed E-state index contributed by atoms with van der Waals surface area (Å²) in [5.41, 5.74) is 5.97. The van der Waals surface area contributed by atoms with E-state index >= 15 is 0 Å². The van der Waals surface area contributed by atoms with E-state index in [9.17, 15) is 4.79 Å². The molecule has 2 atom stereocenters. The molecule has 0 saturated carbocycles. The first kappa shape index (κ1) is 13.4. The van der Waals surface area contributed by atoms with Crippen LogP contribution < -0.4 is 11.1 Å². The number of aliphatic hydroxyl groups excluding tert-OH is 1. The first-order chi connectivity index (χ1) is 7.61. The van der Waals surface area contributed by atoms with E-state index in [4.69, 9.17) is 10.8 Å². The molecule has 0 aromatic rings. The van der Waals surface area contributed by atoms with Crippen LogP contribution in [0.4, 0.5) is 0 Å². The molecule has 0 bridgehead atoms. The quantitative estimate of drug-likeness (QED) is 0.574. The number of carbonyl (C=O) groups excluding carboxylic acids is 1. The van der Waals surface area contributed by atoms with E-state index in [1.54, 1.807) is 0 Å². The minimum atomic E-state index is 0.00761. The third kappa shape index (κ3) is 4.92. The van der Waals surface area contributed by atoms with Crippen molar-refractivity contribution in [2.75, 3.05) is 32.8 Å². The van der Waals surface area contributed by atoms with Crippen molar-refractivity contribution in [2.24, 2.45) is 11.7 Å². The van der Waals surface area contributed by atoms with Crippen molar-refractivity contribution >= 4 is 5.91 Å². The van der Waals surface area contributed by atoms with Gasteiger partial charge in [0.2, 0.25) is 5.91 Å². The minimum Gasteiger partial charge on any atom is -0.396 e. The third-order valence-electron chi connectivity index (χ3n) is 2.98. The predicted molar refractivity (Wildman–Crippen MR) is 62.9 cm³/mol. The van der Waals surface area contributed by atoms with E-state index in [0.717, 1.165) is 32.5 Å². The summed E-state index contributed by atoms with van der Waals surface area (Å²) in [5.74, 6) is 0.499. The van der Waals surface area contributed by atoms with Crippen molar-refractivity contribution < 1.29 is 9.90 Å². The maximum Gasteiger partial charge on any atom is 0.216 e. The maximum absolute atomic E-state index is 10.7. The van der Waals surface area contributed by atoms with E-state index in [-0.39, 0.29) is 18.6 Å². The van der Waals surface area contributed by atoms with Crippen molar-refractivity contribution in [3.05, 3.63) is 0 Å². The Hall–Kier alpha value is -0.650. The Balaban J connectivity index is 2.27. The van der Waals surface area contributed by atoms with Gasteiger partial charge in [-0.25, -0.2) is 0 Å². The van der Waals surface area contributed by atoms with Gasteiger partial charge in [-0.15, -0.1) is 0 Å². The maximum atomic E-state index is 10.7. The molecule has 0 aliphatic carbocycles. The van der Waals surface area contributed by atoms with Gasteiger partial charge < -0.3 is 16.2 Å². The zero-order chi connectivity index (χ0) is 12.0. The number of carbonyl (C=O) groups is 1. The van der Waals surface area contributed by atoms with Gasteiger partial charge in [-0.1, -0.05) is 0 Å². The molecule has 1 aliphatic rings. The average Bonchev–Trinajstić information content (AvgIpc) is 2.16. The Bertz CT molecular complexity index is 223. The van der Waals surface area contributed by atoms with Gasteiger partial charge in [0.25, 0.3) is 0 Å². The summed E-state index contributed by atoms with van der Waals surface area (Å²) >= 11 is 0. The first-order valence-corrected chi connectivity index (χ1v) is 5.95. The standard InChI is InChI=1S/C11H23N3O2/c1-9(16)13-3-4-14-7-10(2-5-15)6-11(12)8-14/h10-11,15H,2-8,12H2,1H3,(H,13,16). The van der Waals surface area contributed by atoms with Gasteiger partial charge in [-0.3, -0.25) is 9.69 Å². The number of nitrogens with zero attached hydrogens (tertiary/aromatic N) is 1. The zero-order valence-electron chi connectivity index (χ0n) is 9.98. The summed E-state index contributed by atoms with van der Waals surface area (Å²) in [4.78, 5) is 13.0. The summed E-state index contributed by atoms with van der Waals surface area (Å²) < 4.78 is 0. The van der Waals surface area contributed by atoms with Crippen LogP contribution in [0.2, 0.25) is 0 Å². The lowest BCUT2D eigenvalue weighted by Crippen LogP contribution is -2.49. The highest BCUT2D eigenvalue weighted by Crippen LogP contribution is 2.18. The lowest BCUT2D eigenvalue weighted by Gasteiger charge is -2.36. The van der Waals surface area contributed by atoms with E-state index in [1.165, 1.54) is 6.92 Å². The molecule has 16 heavy (non-hydrogen) atoms. The van der Waals surface area contributed by atoms with E-state index in [2.05, 4.69) is 10.2 Å². The van der Waals surface area contributed by atoms with E-state index in [0.29, 0.717) is 12.5 Å². The Morgan fingerprint density at radius 3 is 2.94 bits per heavy atom. The summed E-state index contributed by atoms with van der Waals surface area (Å²) in [6.45, 7) is 5.14. The number of nitrogens with two attached hydrogens (primary N) is 1. The fourth-order valence-electron chi connectivity index (χ4n) is 2.31. The van der Waals surface area contributed by atoms with Crippen LogP contribution in [0.25, 0.3) is 0 Å². The van der Waals surface area contributed by atoms with Crippen molar-refractivity contribution in [1.82, 2.24) is 10.2 Å². The van der Waals surface area contributed by atoms with Crippen LogP contribution in [0, 0.1) is 5.92 Å². The molecule has 1 aliphatic heterocycles. The van der Waals surface area contributed by atoms with Crippen molar-refractivity contribution in [3.8, 4) is 0 Å². The van der Waals surface area contributed by atoms with Crippen LogP contribution in [0.5, 0.6) is 0 Å². The molecule has 1 heterocycles. The minimum absolute atomic E-state index is 0.00761. The summed E-state index contributed by atoms with van der Waals surface area (Å²) in [7, 11) is 0. The normalized spacial score (nSPS) is 26.7. The van der Waals surface area contributed by atoms with Crippen molar-refractivity contribution in [3.63, 3.8) is 0 Å². The van der Waals surface area contributed by atoms with Crippen LogP contribution in [0.1, 0.15) is 19.8 Å². The Morgan fingerprint density at radius 1 is 1.56 bits per heavy atom. The predicted octanol–water partition coefficient (Wildman–Crippen LogP) is -0.846. The molecule has 4 N–H and O–H groups in total. The summed E-state index contributed by atoms with van der Waals surface area (Å²) in [6.07, 6.45) is 1.82. The molecule has 1 saturated heterocycles. The molecule has 94 valence electrons. The van der Waals surface area contributed by atoms with Gasteiger partial charge in [-0.2, -0.15) is 0 Å². The van der Waals surface area contributed by atoms with Gasteiger partial charge in [0.05, 0.1) is 0 Å². The van der Waals surface area contributed by atoms with Gasteiger partial charge in [0, 0.05) is 45.8 Å². The number of hydrogen-bond acceptors (Lipinski definition) is 4. The molecular formula is C11H23N3O2. The second-order valence-corrected chi connectivity index (χ2v) is 4.62. The first-order valence-electron chi connectivity index (χ1n) is 5.95. The van der Waals surface area contributed by atoms with Crippen LogP contribution >= 0.6 is 0 Å². The lowest BCUT2D eigenvalue weighted by molar-refractivity contribution is -0.119. The van der Waals surface area contributed by atoms with Crippen LogP contribution in [0.15, 0.2) is 0 Å². The highest BCUT2D eigenvalue weighted by atomic mass is 16.3. The highest BCUT2D eigenvalue weighted by molar-refractivity contribution is 5.72. The Morgan fingerprint density at radius 2 is 2.31 bits per heavy atom. The molecule has 0 radical (unpaired) electrons. The molecule has 0 aromatic carbocycles. The number of aliphatic hydroxyl groups is 1. The summed E-state index contributed by atoms with van der Waals surface area (Å²) in [6, 6.07) is 0.197. The van der Waals surface area contributed by atoms with Gasteiger partial charge in [0.1, 0.15) is 0 Å². The van der Waals surface area contributed by atoms with E-state index < -0.39 is 0 Å². The van der Waals surface area contributed by atoms with Gasteiger partial charge in [0.15, 0.2) is 0 Å². The average molecular weight is 229 g/mol. The SMILES string of the molecule is CC(=O)NCCN1CC(N)CC(CCO)C1. The summed E-state index contributed by atoms with van der Waals surface area (Å²) in [5, 5.41) is 11.7. The molecule has 0 spiro atoms. The van der Waals surface area contributed by atoms with Crippen molar-refractivity contribution in [1.29, 1.82) is 0 Å². The van der Waals surface area contributed by atoms with E-state index in [1.807, 2.05) is 0 Å². The number of likely N-dealkylation sites (tertiary alicyclic amines) is 1. The monoisotopic (exact) mass is 229 g/mol. The second kappa shape index (κ2) is 6.83. The third-order valence-corrected chi connectivity index (χ3v) is 2.98. The van der Waals surface area contributed by atoms with Crippen LogP contribution in [-0.2, 0) is 4.79 Å². The molecule has 2 unspecified atom stereocenters. The number of amides is 1. The van der Waals surface area contributed by atoms with Crippen LogP contribution in [-0.4, -0.2) is 54.7 Å². The lowest BCUT2D eigenvalue weighted by atomic mass is 9.92. The Kier molecular flexibility index (Phi) is 5.73. The number of hydrogen-bond donors (Lipinski definition) is 3. The molecular weight excluding hydrogens is 206 g/mol. The van der Waals surface area contributed by atoms with Gasteiger partial charge >= 0.3 is 0 Å². The number of piperidine rings is 1. The number of nitrogens with one attached hydrogen (secondary N) is 1. The molecule has 1 fully saturated rings. The molecule has 1 rings (SSSR count). The molecule has 5 heteroatoms. The number of rotatable bonds is 5. The fraction of sp³-hybridized carbons (Fsp3) is 0.909. The molecule has 1 amide bonds. The Labute approximate surface area is 97.0 Å².